The summed E-state index contributed by atoms with van der Waals surface area (Å²) in [5.41, 5.74) is 6.11. The Bertz CT molecular complexity index is 762. The summed E-state index contributed by atoms with van der Waals surface area (Å²) < 4.78 is 27.4. The predicted octanol–water partition coefficient (Wildman–Crippen LogP) is 2.77. The molecule has 0 aliphatic heterocycles. The van der Waals surface area contributed by atoms with Crippen molar-refractivity contribution in [3.8, 4) is 6.07 Å². The van der Waals surface area contributed by atoms with Crippen LogP contribution in [0.1, 0.15) is 5.56 Å². The maximum atomic E-state index is 12.2. The molecule has 0 saturated heterocycles. The van der Waals surface area contributed by atoms with E-state index in [-0.39, 0.29) is 21.1 Å². The van der Waals surface area contributed by atoms with Crippen molar-refractivity contribution in [2.45, 2.75) is 4.90 Å². The van der Waals surface area contributed by atoms with Gasteiger partial charge in [0.05, 0.1) is 11.3 Å². The van der Waals surface area contributed by atoms with Crippen molar-refractivity contribution >= 4 is 48.0 Å². The average molecular weight is 358 g/mol. The van der Waals surface area contributed by atoms with Gasteiger partial charge in [-0.1, -0.05) is 15.9 Å². The van der Waals surface area contributed by atoms with Crippen LogP contribution in [0.2, 0.25) is 0 Å². The smallest absolute Gasteiger partial charge is 0.264 e. The second-order valence-corrected chi connectivity index (χ2v) is 7.05. The Balaban J connectivity index is 2.41. The Kier molecular flexibility index (Phi) is 3.80. The van der Waals surface area contributed by atoms with E-state index in [4.69, 9.17) is 11.0 Å². The lowest BCUT2D eigenvalue weighted by atomic mass is 10.3. The lowest BCUT2D eigenvalue weighted by Crippen LogP contribution is -2.14. The van der Waals surface area contributed by atoms with Crippen molar-refractivity contribution in [1.82, 2.24) is 0 Å². The molecule has 2 rings (SSSR count). The summed E-state index contributed by atoms with van der Waals surface area (Å²) in [6, 6.07) is 7.97. The van der Waals surface area contributed by atoms with E-state index in [0.717, 1.165) is 11.3 Å². The number of nitrogen functional groups attached to an aromatic ring is 1. The number of thiophene rings is 1. The number of nitrogens with zero attached hydrogens (tertiary/aromatic N) is 1. The molecule has 0 aliphatic rings. The molecule has 0 saturated carbocycles. The third-order valence-electron chi connectivity index (χ3n) is 2.27. The summed E-state index contributed by atoms with van der Waals surface area (Å²) in [5.74, 6) is 0. The van der Waals surface area contributed by atoms with Gasteiger partial charge < -0.3 is 5.73 Å². The van der Waals surface area contributed by atoms with E-state index in [9.17, 15) is 8.42 Å². The van der Waals surface area contributed by atoms with Crippen molar-refractivity contribution in [3.63, 3.8) is 0 Å². The molecule has 1 aromatic heterocycles. The molecule has 0 spiro atoms. The highest BCUT2D eigenvalue weighted by atomic mass is 79.9. The highest BCUT2D eigenvalue weighted by molar-refractivity contribution is 9.10. The van der Waals surface area contributed by atoms with E-state index in [2.05, 4.69) is 20.7 Å². The highest BCUT2D eigenvalue weighted by Gasteiger charge is 2.19. The summed E-state index contributed by atoms with van der Waals surface area (Å²) in [4.78, 5) is -0.0204. The highest BCUT2D eigenvalue weighted by Crippen LogP contribution is 2.28. The third kappa shape index (κ3) is 2.89. The summed E-state index contributed by atoms with van der Waals surface area (Å²) >= 11 is 4.35. The van der Waals surface area contributed by atoms with Crippen LogP contribution in [0, 0.1) is 11.3 Å². The first kappa shape index (κ1) is 13.9. The fraction of sp³-hybridized carbons (Fsp3) is 0. The largest absolute Gasteiger partial charge is 0.398 e. The number of hydrogen-bond acceptors (Lipinski definition) is 5. The topological polar surface area (TPSA) is 96.0 Å². The summed E-state index contributed by atoms with van der Waals surface area (Å²) in [6.45, 7) is 0. The van der Waals surface area contributed by atoms with Crippen LogP contribution >= 0.6 is 27.3 Å². The van der Waals surface area contributed by atoms with Crippen LogP contribution < -0.4 is 10.5 Å². The van der Waals surface area contributed by atoms with Gasteiger partial charge in [0.2, 0.25) is 0 Å². The number of sulfonamides is 1. The molecule has 0 bridgehead atoms. The fourth-order valence-corrected chi connectivity index (χ4v) is 3.98. The molecule has 0 amide bonds. The number of halogens is 1. The minimum atomic E-state index is -3.80. The number of hydrogen-bond donors (Lipinski definition) is 2. The number of anilines is 2. The standard InChI is InChI=1S/C11H8BrN3O2S2/c12-8-1-2-10(9(14)5-8)19(16,17)15-11-7(6-13)3-4-18-11/h1-5,15H,14H2. The van der Waals surface area contributed by atoms with Gasteiger partial charge >= 0.3 is 0 Å². The number of benzene rings is 1. The first-order valence-electron chi connectivity index (χ1n) is 4.99. The van der Waals surface area contributed by atoms with E-state index in [0.29, 0.717) is 4.47 Å². The van der Waals surface area contributed by atoms with Gasteiger partial charge in [0.15, 0.2) is 0 Å². The van der Waals surface area contributed by atoms with Crippen LogP contribution in [-0.4, -0.2) is 8.42 Å². The molecule has 0 aliphatic carbocycles. The van der Waals surface area contributed by atoms with Crippen molar-refractivity contribution in [2.24, 2.45) is 0 Å². The first-order chi connectivity index (χ1) is 8.94. The second kappa shape index (κ2) is 5.21. The fourth-order valence-electron chi connectivity index (χ4n) is 1.42. The van der Waals surface area contributed by atoms with Crippen molar-refractivity contribution in [3.05, 3.63) is 39.7 Å². The summed E-state index contributed by atoms with van der Waals surface area (Å²) in [5, 5.41) is 10.8. The minimum absolute atomic E-state index is 0.0204. The first-order valence-corrected chi connectivity index (χ1v) is 8.15. The summed E-state index contributed by atoms with van der Waals surface area (Å²) in [7, 11) is -3.80. The van der Waals surface area contributed by atoms with Crippen LogP contribution in [0.3, 0.4) is 0 Å². The Labute approximate surface area is 122 Å². The Morgan fingerprint density at radius 2 is 2.11 bits per heavy atom. The van der Waals surface area contributed by atoms with E-state index >= 15 is 0 Å². The van der Waals surface area contributed by atoms with Crippen LogP contribution in [0.25, 0.3) is 0 Å². The van der Waals surface area contributed by atoms with Gasteiger partial charge in [-0.15, -0.1) is 11.3 Å². The number of rotatable bonds is 3. The molecule has 0 unspecified atom stereocenters. The van der Waals surface area contributed by atoms with Crippen molar-refractivity contribution in [2.75, 3.05) is 10.5 Å². The van der Waals surface area contributed by atoms with Gasteiger partial charge in [-0.05, 0) is 29.6 Å². The Morgan fingerprint density at radius 3 is 2.74 bits per heavy atom. The van der Waals surface area contributed by atoms with Gasteiger partial charge in [0, 0.05) is 4.47 Å². The molecule has 3 N–H and O–H groups in total. The molecule has 0 radical (unpaired) electrons. The molecule has 8 heteroatoms. The monoisotopic (exact) mass is 357 g/mol. The van der Waals surface area contributed by atoms with E-state index in [1.54, 1.807) is 17.5 Å². The zero-order chi connectivity index (χ0) is 14.0. The van der Waals surface area contributed by atoms with Gasteiger partial charge in [-0.2, -0.15) is 5.26 Å². The molecular formula is C11H8BrN3O2S2. The lowest BCUT2D eigenvalue weighted by Gasteiger charge is -2.09. The lowest BCUT2D eigenvalue weighted by molar-refractivity contribution is 0.601. The molecule has 98 valence electrons. The molecule has 0 atom stereocenters. The molecule has 5 nitrogen and oxygen atoms in total. The second-order valence-electron chi connectivity index (χ2n) is 3.56. The molecular weight excluding hydrogens is 350 g/mol. The van der Waals surface area contributed by atoms with Crippen LogP contribution in [-0.2, 0) is 10.0 Å². The van der Waals surface area contributed by atoms with E-state index in [1.807, 2.05) is 6.07 Å². The average Bonchev–Trinajstić information content (AvgIpc) is 2.74. The SMILES string of the molecule is N#Cc1ccsc1NS(=O)(=O)c1ccc(Br)cc1N. The van der Waals surface area contributed by atoms with Crippen molar-refractivity contribution in [1.29, 1.82) is 5.26 Å². The normalized spacial score (nSPS) is 10.9. The molecule has 1 aromatic carbocycles. The van der Waals surface area contributed by atoms with E-state index in [1.165, 1.54) is 12.1 Å². The number of nitrogens with two attached hydrogens (primary N) is 1. The summed E-state index contributed by atoms with van der Waals surface area (Å²) in [6.07, 6.45) is 0. The van der Waals surface area contributed by atoms with Gasteiger partial charge in [0.1, 0.15) is 16.0 Å². The maximum Gasteiger partial charge on any atom is 0.264 e. The van der Waals surface area contributed by atoms with Gasteiger partial charge in [0.25, 0.3) is 10.0 Å². The maximum absolute atomic E-state index is 12.2. The Morgan fingerprint density at radius 1 is 1.37 bits per heavy atom. The van der Waals surface area contributed by atoms with Gasteiger partial charge in [-0.25, -0.2) is 8.42 Å². The van der Waals surface area contributed by atoms with Crippen LogP contribution in [0.15, 0.2) is 39.0 Å². The Hall–Kier alpha value is -1.56. The zero-order valence-corrected chi connectivity index (χ0v) is 12.6. The molecule has 19 heavy (non-hydrogen) atoms. The quantitative estimate of drug-likeness (QED) is 0.825. The van der Waals surface area contributed by atoms with Crippen LogP contribution in [0.4, 0.5) is 10.7 Å². The minimum Gasteiger partial charge on any atom is -0.398 e. The third-order valence-corrected chi connectivity index (χ3v) is 5.15. The molecule has 0 fully saturated rings. The van der Waals surface area contributed by atoms with E-state index < -0.39 is 10.0 Å². The predicted molar refractivity (Wildman–Crippen MR) is 78.4 cm³/mol. The number of nitriles is 1. The molecule has 2 aromatic rings. The number of nitrogens with one attached hydrogen (secondary N) is 1. The van der Waals surface area contributed by atoms with Crippen LogP contribution in [0.5, 0.6) is 0 Å². The zero-order valence-electron chi connectivity index (χ0n) is 9.42. The van der Waals surface area contributed by atoms with Crippen molar-refractivity contribution < 1.29 is 8.42 Å². The molecule has 1 heterocycles. The van der Waals surface area contributed by atoms with Gasteiger partial charge in [-0.3, -0.25) is 4.72 Å².